The first-order chi connectivity index (χ1) is 16.5. The highest BCUT2D eigenvalue weighted by Gasteiger charge is 2.44. The van der Waals surface area contributed by atoms with Crippen molar-refractivity contribution in [1.82, 2.24) is 9.47 Å². The molecular weight excluding hydrogens is 420 g/mol. The topological polar surface area (TPSA) is 37.6 Å². The van der Waals surface area contributed by atoms with E-state index in [0.29, 0.717) is 13.0 Å². The van der Waals surface area contributed by atoms with Crippen molar-refractivity contribution in [1.29, 1.82) is 0 Å². The van der Waals surface area contributed by atoms with Gasteiger partial charge in [0, 0.05) is 30.5 Å². The average Bonchev–Trinajstić information content (AvgIpc) is 3.44. The van der Waals surface area contributed by atoms with E-state index in [-0.39, 0.29) is 6.04 Å². The molecule has 4 heteroatoms. The summed E-state index contributed by atoms with van der Waals surface area (Å²) in [4.78, 5) is 2.13. The molecule has 1 N–H and O–H groups in total. The zero-order valence-electron chi connectivity index (χ0n) is 19.8. The minimum Gasteiger partial charge on any atom is -0.378 e. The molecule has 1 aliphatic rings. The molecular formula is C30H32N2O2. The molecule has 0 saturated carbocycles. The van der Waals surface area contributed by atoms with Gasteiger partial charge in [-0.15, -0.1) is 0 Å². The molecule has 5 rings (SSSR count). The van der Waals surface area contributed by atoms with Gasteiger partial charge in [0.2, 0.25) is 0 Å². The third-order valence-electron chi connectivity index (χ3n) is 6.72. The summed E-state index contributed by atoms with van der Waals surface area (Å²) in [6, 6.07) is 31.6. The maximum Gasteiger partial charge on any atom is 0.118 e. The Morgan fingerprint density at radius 1 is 0.853 bits per heavy atom. The van der Waals surface area contributed by atoms with Gasteiger partial charge in [-0.3, -0.25) is 0 Å². The summed E-state index contributed by atoms with van der Waals surface area (Å²) in [5, 5.41) is 11.3. The highest BCUT2D eigenvalue weighted by Crippen LogP contribution is 2.32. The number of ether oxygens (including phenoxy) is 1. The smallest absolute Gasteiger partial charge is 0.118 e. The first kappa shape index (κ1) is 22.6. The van der Waals surface area contributed by atoms with Crippen LogP contribution in [-0.4, -0.2) is 39.2 Å². The number of aliphatic hydroxyl groups is 1. The molecule has 0 radical (unpaired) electrons. The summed E-state index contributed by atoms with van der Waals surface area (Å²) in [5.41, 5.74) is 5.37. The lowest BCUT2D eigenvalue weighted by molar-refractivity contribution is -0.128. The molecule has 174 valence electrons. The van der Waals surface area contributed by atoms with Crippen LogP contribution in [0.3, 0.4) is 0 Å². The molecule has 0 aliphatic carbocycles. The molecule has 1 saturated heterocycles. The van der Waals surface area contributed by atoms with Crippen LogP contribution in [0.25, 0.3) is 16.8 Å². The van der Waals surface area contributed by atoms with Crippen molar-refractivity contribution in [2.24, 2.45) is 0 Å². The normalized spacial score (nSPS) is 18.7. The van der Waals surface area contributed by atoms with Crippen LogP contribution in [0.1, 0.15) is 25.0 Å². The number of benzene rings is 3. The van der Waals surface area contributed by atoms with Crippen molar-refractivity contribution in [3.8, 4) is 16.8 Å². The summed E-state index contributed by atoms with van der Waals surface area (Å²) < 4.78 is 8.19. The van der Waals surface area contributed by atoms with Gasteiger partial charge in [-0.1, -0.05) is 72.8 Å². The Hall–Kier alpha value is -3.18. The van der Waals surface area contributed by atoms with Crippen molar-refractivity contribution in [3.63, 3.8) is 0 Å². The molecule has 2 heterocycles. The average molecular weight is 453 g/mol. The Labute approximate surface area is 202 Å². The largest absolute Gasteiger partial charge is 0.378 e. The van der Waals surface area contributed by atoms with Crippen LogP contribution in [0.4, 0.5) is 0 Å². The van der Waals surface area contributed by atoms with E-state index in [9.17, 15) is 5.11 Å². The second-order valence-electron chi connectivity index (χ2n) is 9.53. The summed E-state index contributed by atoms with van der Waals surface area (Å²) >= 11 is 0. The van der Waals surface area contributed by atoms with E-state index in [2.05, 4.69) is 101 Å². The van der Waals surface area contributed by atoms with Crippen LogP contribution in [0.5, 0.6) is 0 Å². The van der Waals surface area contributed by atoms with E-state index >= 15 is 0 Å². The molecule has 3 aromatic carbocycles. The van der Waals surface area contributed by atoms with Gasteiger partial charge in [0.25, 0.3) is 0 Å². The lowest BCUT2D eigenvalue weighted by atomic mass is 10.0. The number of aromatic nitrogens is 1. The van der Waals surface area contributed by atoms with Crippen molar-refractivity contribution >= 4 is 0 Å². The summed E-state index contributed by atoms with van der Waals surface area (Å²) in [7, 11) is 0. The maximum absolute atomic E-state index is 11.3. The van der Waals surface area contributed by atoms with Gasteiger partial charge in [0.1, 0.15) is 12.0 Å². The van der Waals surface area contributed by atoms with Gasteiger partial charge < -0.3 is 14.4 Å². The Balaban J connectivity index is 1.28. The van der Waals surface area contributed by atoms with E-state index in [1.165, 1.54) is 16.7 Å². The molecule has 0 amide bonds. The molecule has 34 heavy (non-hydrogen) atoms. The molecule has 2 unspecified atom stereocenters. The third kappa shape index (κ3) is 4.85. The highest BCUT2D eigenvalue weighted by atomic mass is 16.5. The van der Waals surface area contributed by atoms with Crippen LogP contribution in [0, 0.1) is 0 Å². The van der Waals surface area contributed by atoms with Crippen molar-refractivity contribution < 1.29 is 9.84 Å². The van der Waals surface area contributed by atoms with Crippen molar-refractivity contribution in [2.45, 2.75) is 44.7 Å². The molecule has 4 aromatic rings. The molecule has 1 fully saturated rings. The lowest BCUT2D eigenvalue weighted by Crippen LogP contribution is -2.51. The van der Waals surface area contributed by atoms with Gasteiger partial charge in [0.05, 0.1) is 6.61 Å². The maximum atomic E-state index is 11.3. The van der Waals surface area contributed by atoms with E-state index in [1.807, 2.05) is 26.0 Å². The van der Waals surface area contributed by atoms with Gasteiger partial charge >= 0.3 is 0 Å². The summed E-state index contributed by atoms with van der Waals surface area (Å²) in [5.74, 6) is 0. The van der Waals surface area contributed by atoms with E-state index < -0.39 is 12.0 Å². The van der Waals surface area contributed by atoms with Crippen LogP contribution in [0.15, 0.2) is 103 Å². The van der Waals surface area contributed by atoms with E-state index in [1.54, 1.807) is 0 Å². The van der Waals surface area contributed by atoms with E-state index in [0.717, 1.165) is 17.7 Å². The first-order valence-electron chi connectivity index (χ1n) is 12.0. The predicted molar refractivity (Wildman–Crippen MR) is 137 cm³/mol. The van der Waals surface area contributed by atoms with Gasteiger partial charge in [-0.05, 0) is 60.7 Å². The van der Waals surface area contributed by atoms with E-state index in [4.69, 9.17) is 4.74 Å². The molecule has 4 nitrogen and oxygen atoms in total. The fourth-order valence-corrected chi connectivity index (χ4v) is 5.03. The second-order valence-corrected chi connectivity index (χ2v) is 9.53. The zero-order valence-corrected chi connectivity index (χ0v) is 19.8. The Morgan fingerprint density at radius 2 is 1.50 bits per heavy atom. The SMILES string of the molecule is CC1(C)OCC(Cc2ccccc2)N1C(O)Cc1ccn(-c2ccc(-c3ccccc3)cc2)c1. The number of rotatable bonds is 7. The lowest BCUT2D eigenvalue weighted by Gasteiger charge is -2.37. The molecule has 1 aliphatic heterocycles. The number of aliphatic hydroxyl groups excluding tert-OH is 1. The second kappa shape index (κ2) is 9.59. The fourth-order valence-electron chi connectivity index (χ4n) is 5.03. The third-order valence-corrected chi connectivity index (χ3v) is 6.72. The van der Waals surface area contributed by atoms with Gasteiger partial charge in [0.15, 0.2) is 0 Å². The fraction of sp³-hybridized carbons (Fsp3) is 0.267. The van der Waals surface area contributed by atoms with Crippen LogP contribution < -0.4 is 0 Å². The Bertz CT molecular complexity index is 1200. The molecule has 1 aromatic heterocycles. The van der Waals surface area contributed by atoms with Crippen LogP contribution in [-0.2, 0) is 17.6 Å². The van der Waals surface area contributed by atoms with Gasteiger partial charge in [-0.25, -0.2) is 4.90 Å². The number of hydrogen-bond donors (Lipinski definition) is 1. The van der Waals surface area contributed by atoms with Crippen LogP contribution in [0.2, 0.25) is 0 Å². The summed E-state index contributed by atoms with van der Waals surface area (Å²) in [6.45, 7) is 4.70. The minimum absolute atomic E-state index is 0.139. The molecule has 2 atom stereocenters. The van der Waals surface area contributed by atoms with Crippen LogP contribution >= 0.6 is 0 Å². The van der Waals surface area contributed by atoms with Gasteiger partial charge in [-0.2, -0.15) is 0 Å². The standard InChI is InChI=1S/C30H32N2O2/c1-30(2)32(28(22-34-30)19-23-9-5-3-6-10-23)29(33)20-24-17-18-31(21-24)27-15-13-26(14-16-27)25-11-7-4-8-12-25/h3-18,21,28-29,33H,19-20,22H2,1-2H3. The van der Waals surface area contributed by atoms with Crippen molar-refractivity contribution in [2.75, 3.05) is 6.61 Å². The first-order valence-corrected chi connectivity index (χ1v) is 12.0. The minimum atomic E-state index is -0.623. The Morgan fingerprint density at radius 3 is 2.21 bits per heavy atom. The molecule has 0 bridgehead atoms. The number of hydrogen-bond acceptors (Lipinski definition) is 3. The molecule has 0 spiro atoms. The highest BCUT2D eigenvalue weighted by molar-refractivity contribution is 5.64. The zero-order chi connectivity index (χ0) is 23.5. The predicted octanol–water partition coefficient (Wildman–Crippen LogP) is 5.68. The summed E-state index contributed by atoms with van der Waals surface area (Å²) in [6.07, 6.45) is 4.95. The Kier molecular flexibility index (Phi) is 6.38. The monoisotopic (exact) mass is 452 g/mol. The van der Waals surface area contributed by atoms with Crippen molar-refractivity contribution in [3.05, 3.63) is 115 Å². The number of nitrogens with zero attached hydrogens (tertiary/aromatic N) is 2. The quantitative estimate of drug-likeness (QED) is 0.392.